The lowest BCUT2D eigenvalue weighted by Crippen LogP contribution is -2.14. The average molecular weight is 252 g/mol. The smallest absolute Gasteiger partial charge is 0.228 e. The second-order valence-electron chi connectivity index (χ2n) is 4.22. The molecule has 0 saturated heterocycles. The van der Waals surface area contributed by atoms with Gasteiger partial charge in [0, 0.05) is 17.1 Å². The van der Waals surface area contributed by atoms with Crippen molar-refractivity contribution in [1.82, 2.24) is 4.98 Å². The van der Waals surface area contributed by atoms with Crippen LogP contribution in [0.25, 0.3) is 11.0 Å². The number of carbonyl (C=O) groups is 1. The number of rotatable bonds is 3. The van der Waals surface area contributed by atoms with Crippen LogP contribution in [0, 0.1) is 0 Å². The van der Waals surface area contributed by atoms with Crippen LogP contribution in [0.15, 0.2) is 59.5 Å². The van der Waals surface area contributed by atoms with Gasteiger partial charge in [-0.25, -0.2) is 0 Å². The molecule has 4 heteroatoms. The van der Waals surface area contributed by atoms with E-state index in [-0.39, 0.29) is 12.3 Å². The minimum Gasteiger partial charge on any atom is -0.464 e. The van der Waals surface area contributed by atoms with Gasteiger partial charge in [-0.2, -0.15) is 0 Å². The molecule has 4 nitrogen and oxygen atoms in total. The molecule has 3 aromatic rings. The van der Waals surface area contributed by atoms with Crippen LogP contribution >= 0.6 is 0 Å². The summed E-state index contributed by atoms with van der Waals surface area (Å²) in [4.78, 5) is 15.9. The number of carbonyl (C=O) groups excluding carboxylic acids is 1. The van der Waals surface area contributed by atoms with Crippen molar-refractivity contribution in [2.75, 3.05) is 5.32 Å². The zero-order chi connectivity index (χ0) is 13.1. The molecule has 94 valence electrons. The average Bonchev–Trinajstić information content (AvgIpc) is 2.83. The van der Waals surface area contributed by atoms with Gasteiger partial charge in [0.1, 0.15) is 5.58 Å². The topological polar surface area (TPSA) is 55.1 Å². The molecule has 0 aliphatic carbocycles. The maximum Gasteiger partial charge on any atom is 0.228 e. The summed E-state index contributed by atoms with van der Waals surface area (Å²) in [6.07, 6.45) is 5.20. The molecule has 1 amide bonds. The van der Waals surface area contributed by atoms with Crippen molar-refractivity contribution in [3.63, 3.8) is 0 Å². The first-order valence-corrected chi connectivity index (χ1v) is 5.98. The van der Waals surface area contributed by atoms with Gasteiger partial charge in [0.15, 0.2) is 0 Å². The zero-order valence-electron chi connectivity index (χ0n) is 10.2. The molecular formula is C15H12N2O2. The summed E-state index contributed by atoms with van der Waals surface area (Å²) in [5.41, 5.74) is 2.38. The van der Waals surface area contributed by atoms with E-state index in [1.165, 1.54) is 0 Å². The molecule has 0 bridgehead atoms. The Bertz CT molecular complexity index is 704. The van der Waals surface area contributed by atoms with E-state index >= 15 is 0 Å². The lowest BCUT2D eigenvalue weighted by molar-refractivity contribution is -0.115. The summed E-state index contributed by atoms with van der Waals surface area (Å²) >= 11 is 0. The van der Waals surface area contributed by atoms with Gasteiger partial charge in [-0.15, -0.1) is 0 Å². The molecule has 1 N–H and O–H groups in total. The van der Waals surface area contributed by atoms with Crippen LogP contribution in [-0.4, -0.2) is 10.9 Å². The molecule has 0 spiro atoms. The van der Waals surface area contributed by atoms with Crippen LogP contribution in [0.3, 0.4) is 0 Å². The summed E-state index contributed by atoms with van der Waals surface area (Å²) in [6.45, 7) is 0. The first-order valence-electron chi connectivity index (χ1n) is 5.98. The van der Waals surface area contributed by atoms with Crippen LogP contribution in [0.1, 0.15) is 5.56 Å². The number of pyridine rings is 1. The van der Waals surface area contributed by atoms with E-state index in [1.54, 1.807) is 30.8 Å². The molecule has 0 fully saturated rings. The van der Waals surface area contributed by atoms with Gasteiger partial charge in [-0.1, -0.05) is 18.2 Å². The number of anilines is 1. The lowest BCUT2D eigenvalue weighted by atomic mass is 10.1. The molecule has 0 radical (unpaired) electrons. The number of aromatic nitrogens is 1. The normalized spacial score (nSPS) is 10.5. The number of nitrogens with zero attached hydrogens (tertiary/aromatic N) is 1. The first-order chi connectivity index (χ1) is 9.33. The van der Waals surface area contributed by atoms with Gasteiger partial charge in [0.05, 0.1) is 24.6 Å². The molecule has 0 aliphatic heterocycles. The Kier molecular flexibility index (Phi) is 2.98. The van der Waals surface area contributed by atoms with Crippen molar-refractivity contribution in [2.24, 2.45) is 0 Å². The second kappa shape index (κ2) is 4.94. The highest BCUT2D eigenvalue weighted by Gasteiger charge is 2.10. The number of para-hydroxylation sites is 1. The number of benzene rings is 1. The number of nitrogens with one attached hydrogen (secondary N) is 1. The lowest BCUT2D eigenvalue weighted by Gasteiger charge is -2.03. The Balaban J connectivity index is 1.76. The first kappa shape index (κ1) is 11.5. The third kappa shape index (κ3) is 2.47. The Morgan fingerprint density at radius 3 is 2.95 bits per heavy atom. The third-order valence-electron chi connectivity index (χ3n) is 2.86. The van der Waals surface area contributed by atoms with Gasteiger partial charge < -0.3 is 9.73 Å². The Labute approximate surface area is 110 Å². The number of fused-ring (bicyclic) bond motifs is 1. The van der Waals surface area contributed by atoms with Gasteiger partial charge in [0.25, 0.3) is 0 Å². The molecule has 0 saturated carbocycles. The highest BCUT2D eigenvalue weighted by Crippen LogP contribution is 2.21. The maximum atomic E-state index is 11.9. The summed E-state index contributed by atoms with van der Waals surface area (Å²) in [5, 5.41) is 3.78. The van der Waals surface area contributed by atoms with E-state index in [1.807, 2.05) is 24.3 Å². The van der Waals surface area contributed by atoms with Gasteiger partial charge in [0.2, 0.25) is 5.91 Å². The van der Waals surface area contributed by atoms with Crippen LogP contribution in [0.2, 0.25) is 0 Å². The SMILES string of the molecule is O=C(Cc1coc2ccccc12)Nc1cccnc1. The predicted octanol–water partition coefficient (Wildman–Crippen LogP) is 3.01. The standard InChI is InChI=1S/C15H12N2O2/c18-15(17-12-4-3-7-16-9-12)8-11-10-19-14-6-2-1-5-13(11)14/h1-7,9-10H,8H2,(H,17,18). The Morgan fingerprint density at radius 2 is 2.11 bits per heavy atom. The minimum absolute atomic E-state index is 0.0837. The van der Waals surface area contributed by atoms with E-state index in [9.17, 15) is 4.79 Å². The van der Waals surface area contributed by atoms with E-state index in [2.05, 4.69) is 10.3 Å². The quantitative estimate of drug-likeness (QED) is 0.779. The Hall–Kier alpha value is -2.62. The van der Waals surface area contributed by atoms with Crippen molar-refractivity contribution in [1.29, 1.82) is 0 Å². The molecule has 3 rings (SSSR count). The van der Waals surface area contributed by atoms with E-state index < -0.39 is 0 Å². The molecule has 1 aromatic carbocycles. The van der Waals surface area contributed by atoms with Crippen molar-refractivity contribution >= 4 is 22.6 Å². The maximum absolute atomic E-state index is 11.9. The van der Waals surface area contributed by atoms with Gasteiger partial charge in [-0.3, -0.25) is 9.78 Å². The fourth-order valence-corrected chi connectivity index (χ4v) is 1.98. The fraction of sp³-hybridized carbons (Fsp3) is 0.0667. The van der Waals surface area contributed by atoms with Crippen molar-refractivity contribution in [3.05, 3.63) is 60.6 Å². The molecule has 2 heterocycles. The monoisotopic (exact) mass is 252 g/mol. The molecule has 0 aliphatic rings. The number of amides is 1. The van der Waals surface area contributed by atoms with E-state index in [4.69, 9.17) is 4.42 Å². The van der Waals surface area contributed by atoms with E-state index in [0.29, 0.717) is 5.69 Å². The van der Waals surface area contributed by atoms with E-state index in [0.717, 1.165) is 16.5 Å². The van der Waals surface area contributed by atoms with Crippen LogP contribution < -0.4 is 5.32 Å². The highest BCUT2D eigenvalue weighted by molar-refractivity contribution is 5.95. The molecule has 0 unspecified atom stereocenters. The largest absolute Gasteiger partial charge is 0.464 e. The molecule has 19 heavy (non-hydrogen) atoms. The second-order valence-corrected chi connectivity index (χ2v) is 4.22. The summed E-state index contributed by atoms with van der Waals surface area (Å²) in [6, 6.07) is 11.3. The van der Waals surface area contributed by atoms with Crippen LogP contribution in [0.4, 0.5) is 5.69 Å². The Morgan fingerprint density at radius 1 is 1.21 bits per heavy atom. The molecular weight excluding hydrogens is 240 g/mol. The fourth-order valence-electron chi connectivity index (χ4n) is 1.98. The molecule has 0 atom stereocenters. The van der Waals surface area contributed by atoms with Crippen molar-refractivity contribution in [3.8, 4) is 0 Å². The number of hydrogen-bond acceptors (Lipinski definition) is 3. The van der Waals surface area contributed by atoms with Crippen molar-refractivity contribution < 1.29 is 9.21 Å². The summed E-state index contributed by atoms with van der Waals surface area (Å²) in [7, 11) is 0. The van der Waals surface area contributed by atoms with Crippen LogP contribution in [0.5, 0.6) is 0 Å². The zero-order valence-corrected chi connectivity index (χ0v) is 10.2. The number of hydrogen-bond donors (Lipinski definition) is 1. The molecule has 2 aromatic heterocycles. The van der Waals surface area contributed by atoms with Crippen LogP contribution in [-0.2, 0) is 11.2 Å². The van der Waals surface area contributed by atoms with Gasteiger partial charge >= 0.3 is 0 Å². The highest BCUT2D eigenvalue weighted by atomic mass is 16.3. The van der Waals surface area contributed by atoms with Crippen molar-refractivity contribution in [2.45, 2.75) is 6.42 Å². The number of furan rings is 1. The minimum atomic E-state index is -0.0837. The predicted molar refractivity (Wildman–Crippen MR) is 72.8 cm³/mol. The third-order valence-corrected chi connectivity index (χ3v) is 2.86. The summed E-state index contributed by atoms with van der Waals surface area (Å²) in [5.74, 6) is -0.0837. The summed E-state index contributed by atoms with van der Waals surface area (Å²) < 4.78 is 5.41. The van der Waals surface area contributed by atoms with Gasteiger partial charge in [-0.05, 0) is 18.2 Å².